The second-order valence-electron chi connectivity index (χ2n) is 4.05. The number of aliphatic hydroxyl groups is 1. The van der Waals surface area contributed by atoms with E-state index in [-0.39, 0.29) is 11.3 Å². The summed E-state index contributed by atoms with van der Waals surface area (Å²) in [6.07, 6.45) is 0.0824. The molecule has 1 heterocycles. The number of benzene rings is 1. The van der Waals surface area contributed by atoms with Crippen LogP contribution in [0.4, 0.5) is 15.8 Å². The third-order valence-electron chi connectivity index (χ3n) is 2.89. The summed E-state index contributed by atoms with van der Waals surface area (Å²) in [5, 5.41) is 18.5. The fraction of sp³-hybridized carbons (Fsp3) is 0.364. The van der Waals surface area contributed by atoms with Gasteiger partial charge in [0.1, 0.15) is 11.4 Å². The summed E-state index contributed by atoms with van der Waals surface area (Å²) in [7, 11) is 0. The van der Waals surface area contributed by atoms with Gasteiger partial charge in [-0.3, -0.25) is 0 Å². The number of β-amino-alcohol motifs (C(OH)–C–C–N with tert-alkyl or cyclic N) is 1. The van der Waals surface area contributed by atoms with Crippen LogP contribution in [0.3, 0.4) is 0 Å². The first-order valence-electron chi connectivity index (χ1n) is 5.25. The van der Waals surface area contributed by atoms with Crippen molar-refractivity contribution in [2.24, 2.45) is 0 Å². The van der Waals surface area contributed by atoms with Gasteiger partial charge >= 0.3 is 5.97 Å². The third-order valence-corrected chi connectivity index (χ3v) is 2.89. The van der Waals surface area contributed by atoms with E-state index in [1.807, 2.05) is 0 Å². The van der Waals surface area contributed by atoms with Crippen LogP contribution in [-0.2, 0) is 0 Å². The number of halogens is 1. The zero-order valence-electron chi connectivity index (χ0n) is 9.06. The van der Waals surface area contributed by atoms with E-state index in [4.69, 9.17) is 10.8 Å². The van der Waals surface area contributed by atoms with Gasteiger partial charge in [-0.25, -0.2) is 9.18 Å². The standard InChI is InChI=1S/C11H13FN2O3/c12-7-1-2-8(9(10(7)13)11(16)17)14-4-3-6(15)5-14/h1-2,6,15H,3-5,13H2,(H,16,17). The molecule has 1 fully saturated rings. The second-order valence-corrected chi connectivity index (χ2v) is 4.05. The zero-order chi connectivity index (χ0) is 12.6. The molecule has 2 rings (SSSR count). The van der Waals surface area contributed by atoms with Crippen molar-refractivity contribution in [1.82, 2.24) is 0 Å². The minimum atomic E-state index is -1.27. The Kier molecular flexibility index (Phi) is 2.89. The van der Waals surface area contributed by atoms with Gasteiger partial charge in [0.05, 0.1) is 17.5 Å². The van der Waals surface area contributed by atoms with E-state index in [0.29, 0.717) is 25.2 Å². The van der Waals surface area contributed by atoms with Crippen LogP contribution < -0.4 is 10.6 Å². The highest BCUT2D eigenvalue weighted by Gasteiger charge is 2.26. The van der Waals surface area contributed by atoms with Crippen molar-refractivity contribution in [2.45, 2.75) is 12.5 Å². The number of hydrogen-bond donors (Lipinski definition) is 3. The van der Waals surface area contributed by atoms with Crippen LogP contribution >= 0.6 is 0 Å². The fourth-order valence-electron chi connectivity index (χ4n) is 2.03. The largest absolute Gasteiger partial charge is 0.478 e. The molecule has 92 valence electrons. The van der Waals surface area contributed by atoms with E-state index in [2.05, 4.69) is 0 Å². The van der Waals surface area contributed by atoms with Crippen LogP contribution in [0.25, 0.3) is 0 Å². The molecule has 0 spiro atoms. The van der Waals surface area contributed by atoms with Crippen molar-refractivity contribution < 1.29 is 19.4 Å². The Balaban J connectivity index is 2.47. The molecule has 0 amide bonds. The van der Waals surface area contributed by atoms with Gasteiger partial charge in [0.15, 0.2) is 0 Å². The molecule has 0 aromatic heterocycles. The van der Waals surface area contributed by atoms with E-state index in [1.165, 1.54) is 6.07 Å². The van der Waals surface area contributed by atoms with Gasteiger partial charge in [0.2, 0.25) is 0 Å². The lowest BCUT2D eigenvalue weighted by Crippen LogP contribution is -2.24. The van der Waals surface area contributed by atoms with Crippen molar-refractivity contribution in [2.75, 3.05) is 23.7 Å². The molecular weight excluding hydrogens is 227 g/mol. The molecule has 1 aliphatic heterocycles. The molecule has 0 radical (unpaired) electrons. The van der Waals surface area contributed by atoms with Crippen molar-refractivity contribution >= 4 is 17.3 Å². The highest BCUT2D eigenvalue weighted by atomic mass is 19.1. The number of carboxylic acids is 1. The molecule has 1 unspecified atom stereocenters. The maximum atomic E-state index is 13.2. The number of nitrogen functional groups attached to an aromatic ring is 1. The summed E-state index contributed by atoms with van der Waals surface area (Å²) in [6.45, 7) is 0.873. The Labute approximate surface area is 97.3 Å². The van der Waals surface area contributed by atoms with Gasteiger partial charge in [-0.1, -0.05) is 0 Å². The third kappa shape index (κ3) is 2.03. The maximum Gasteiger partial charge on any atom is 0.340 e. The van der Waals surface area contributed by atoms with Gasteiger partial charge < -0.3 is 20.8 Å². The molecule has 0 bridgehead atoms. The summed E-state index contributed by atoms with van der Waals surface area (Å²) in [4.78, 5) is 12.8. The first-order valence-corrected chi connectivity index (χ1v) is 5.25. The average molecular weight is 240 g/mol. The number of aromatic carboxylic acids is 1. The predicted molar refractivity (Wildman–Crippen MR) is 60.6 cm³/mol. The maximum absolute atomic E-state index is 13.2. The first kappa shape index (κ1) is 11.7. The lowest BCUT2D eigenvalue weighted by atomic mass is 10.1. The summed E-state index contributed by atoms with van der Waals surface area (Å²) in [6, 6.07) is 2.52. The molecule has 1 atom stereocenters. The minimum Gasteiger partial charge on any atom is -0.478 e. The molecule has 1 aromatic carbocycles. The summed E-state index contributed by atoms with van der Waals surface area (Å²) in [5.41, 5.74) is 5.19. The van der Waals surface area contributed by atoms with E-state index >= 15 is 0 Å². The quantitative estimate of drug-likeness (QED) is 0.662. The van der Waals surface area contributed by atoms with Crippen LogP contribution in [-0.4, -0.2) is 35.4 Å². The average Bonchev–Trinajstić information content (AvgIpc) is 2.68. The van der Waals surface area contributed by atoms with Crippen LogP contribution in [0.5, 0.6) is 0 Å². The molecule has 17 heavy (non-hydrogen) atoms. The SMILES string of the molecule is Nc1c(F)ccc(N2CCC(O)C2)c1C(=O)O. The lowest BCUT2D eigenvalue weighted by molar-refractivity contribution is 0.0698. The van der Waals surface area contributed by atoms with Crippen LogP contribution in [0.2, 0.25) is 0 Å². The van der Waals surface area contributed by atoms with Crippen molar-refractivity contribution in [3.63, 3.8) is 0 Å². The van der Waals surface area contributed by atoms with Crippen molar-refractivity contribution in [3.05, 3.63) is 23.5 Å². The Morgan fingerprint density at radius 2 is 2.24 bits per heavy atom. The van der Waals surface area contributed by atoms with Crippen LogP contribution in [0.1, 0.15) is 16.8 Å². The summed E-state index contributed by atoms with van der Waals surface area (Å²) in [5.74, 6) is -2.01. The Morgan fingerprint density at radius 1 is 1.53 bits per heavy atom. The number of carboxylic acid groups (broad SMARTS) is 1. The fourth-order valence-corrected chi connectivity index (χ4v) is 2.03. The Bertz CT molecular complexity index is 464. The summed E-state index contributed by atoms with van der Waals surface area (Å²) >= 11 is 0. The smallest absolute Gasteiger partial charge is 0.340 e. The minimum absolute atomic E-state index is 0.237. The van der Waals surface area contributed by atoms with E-state index in [9.17, 15) is 14.3 Å². The molecule has 0 saturated carbocycles. The highest BCUT2D eigenvalue weighted by Crippen LogP contribution is 2.30. The second kappa shape index (κ2) is 4.21. The van der Waals surface area contributed by atoms with Gasteiger partial charge in [-0.2, -0.15) is 0 Å². The van der Waals surface area contributed by atoms with Crippen LogP contribution in [0.15, 0.2) is 12.1 Å². The first-order chi connectivity index (χ1) is 8.00. The van der Waals surface area contributed by atoms with Crippen molar-refractivity contribution in [3.8, 4) is 0 Å². The number of nitrogens with zero attached hydrogens (tertiary/aromatic N) is 1. The van der Waals surface area contributed by atoms with Crippen molar-refractivity contribution in [1.29, 1.82) is 0 Å². The molecule has 1 saturated heterocycles. The van der Waals surface area contributed by atoms with E-state index in [0.717, 1.165) is 6.07 Å². The Morgan fingerprint density at radius 3 is 2.76 bits per heavy atom. The van der Waals surface area contributed by atoms with E-state index < -0.39 is 17.9 Å². The van der Waals surface area contributed by atoms with Gasteiger partial charge in [0.25, 0.3) is 0 Å². The lowest BCUT2D eigenvalue weighted by Gasteiger charge is -2.21. The highest BCUT2D eigenvalue weighted by molar-refractivity contribution is 6.00. The number of carbonyl (C=O) groups is 1. The molecule has 5 nitrogen and oxygen atoms in total. The van der Waals surface area contributed by atoms with E-state index in [1.54, 1.807) is 4.90 Å². The van der Waals surface area contributed by atoms with Gasteiger partial charge in [0, 0.05) is 13.1 Å². The summed E-state index contributed by atoms with van der Waals surface area (Å²) < 4.78 is 13.2. The number of rotatable bonds is 2. The van der Waals surface area contributed by atoms with Crippen LogP contribution in [0, 0.1) is 5.82 Å². The predicted octanol–water partition coefficient (Wildman–Crippen LogP) is 0.677. The Hall–Kier alpha value is -1.82. The number of anilines is 2. The van der Waals surface area contributed by atoms with Gasteiger partial charge in [-0.05, 0) is 18.6 Å². The monoisotopic (exact) mass is 240 g/mol. The molecule has 0 aliphatic carbocycles. The number of aliphatic hydroxyl groups excluding tert-OH is 1. The van der Waals surface area contributed by atoms with Gasteiger partial charge in [-0.15, -0.1) is 0 Å². The molecule has 4 N–H and O–H groups in total. The zero-order valence-corrected chi connectivity index (χ0v) is 9.06. The molecule has 1 aromatic rings. The molecular formula is C11H13FN2O3. The topological polar surface area (TPSA) is 86.8 Å². The number of hydrogen-bond acceptors (Lipinski definition) is 4. The normalized spacial score (nSPS) is 19.6. The number of nitrogens with two attached hydrogens (primary N) is 1. The molecule has 1 aliphatic rings. The molecule has 6 heteroatoms.